The van der Waals surface area contributed by atoms with Crippen molar-refractivity contribution in [1.29, 1.82) is 0 Å². The summed E-state index contributed by atoms with van der Waals surface area (Å²) in [5, 5.41) is 13.8. The molecule has 0 aromatic rings. The summed E-state index contributed by atoms with van der Waals surface area (Å²) in [4.78, 5) is 25.4. The number of likely N-dealkylation sites (N-methyl/N-ethyl adjacent to an activating group) is 1. The van der Waals surface area contributed by atoms with Crippen LogP contribution in [0.1, 0.15) is 200 Å². The van der Waals surface area contributed by atoms with Gasteiger partial charge in [0.2, 0.25) is 5.91 Å². The fourth-order valence-electron chi connectivity index (χ4n) is 6.66. The van der Waals surface area contributed by atoms with Gasteiger partial charge in [0.05, 0.1) is 39.9 Å². The van der Waals surface area contributed by atoms with Gasteiger partial charge in [-0.05, 0) is 83.5 Å². The van der Waals surface area contributed by atoms with Crippen LogP contribution in [0.3, 0.4) is 0 Å². The van der Waals surface area contributed by atoms with Crippen molar-refractivity contribution < 1.29 is 32.9 Å². The van der Waals surface area contributed by atoms with Gasteiger partial charge in [-0.15, -0.1) is 0 Å². The number of nitrogens with zero attached hydrogens (tertiary/aromatic N) is 1. The highest BCUT2D eigenvalue weighted by Crippen LogP contribution is 2.38. The SMILES string of the molecule is CCCCC/C=C\C/C=C\C/C=C\CCCCCCCCC(=O)NC(COP(=O)([O-])OCC[N+](C)(C)C)C(O)/C=C/CC/C=C/CC/C=C/CCCCCCCCCCCC. The average molecular weight is 875 g/mol. The molecule has 2 N–H and O–H groups in total. The largest absolute Gasteiger partial charge is 0.756 e. The second-order valence-corrected chi connectivity index (χ2v) is 19.2. The second kappa shape index (κ2) is 43.2. The fourth-order valence-corrected chi connectivity index (χ4v) is 7.38. The third-order valence-corrected chi connectivity index (χ3v) is 11.6. The molecule has 0 aromatic carbocycles. The van der Waals surface area contributed by atoms with Crippen LogP contribution in [0.5, 0.6) is 0 Å². The lowest BCUT2D eigenvalue weighted by Crippen LogP contribution is -2.45. The first-order valence-corrected chi connectivity index (χ1v) is 26.3. The number of nitrogens with one attached hydrogen (secondary N) is 1. The van der Waals surface area contributed by atoms with Crippen LogP contribution in [0.4, 0.5) is 0 Å². The molecule has 0 bridgehead atoms. The van der Waals surface area contributed by atoms with Crippen molar-refractivity contribution in [2.75, 3.05) is 40.9 Å². The molecule has 0 radical (unpaired) electrons. The molecule has 0 fully saturated rings. The zero-order chi connectivity index (χ0) is 45.0. The van der Waals surface area contributed by atoms with Crippen LogP contribution in [-0.2, 0) is 18.4 Å². The Hall–Kier alpha value is -2.06. The van der Waals surface area contributed by atoms with Gasteiger partial charge in [0.15, 0.2) is 0 Å². The molecule has 3 unspecified atom stereocenters. The van der Waals surface area contributed by atoms with Gasteiger partial charge < -0.3 is 28.8 Å². The normalized spacial score (nSPS) is 14.8. The Bertz CT molecular complexity index is 1220. The fraction of sp³-hybridized carbons (Fsp3) is 0.750. The predicted molar refractivity (Wildman–Crippen MR) is 260 cm³/mol. The molecular formula is C52H95N2O6P. The van der Waals surface area contributed by atoms with Gasteiger partial charge >= 0.3 is 0 Å². The Morgan fingerprint density at radius 1 is 0.574 bits per heavy atom. The van der Waals surface area contributed by atoms with Crippen LogP contribution in [0.2, 0.25) is 0 Å². The van der Waals surface area contributed by atoms with Crippen molar-refractivity contribution in [3.63, 3.8) is 0 Å². The highest BCUT2D eigenvalue weighted by molar-refractivity contribution is 7.45. The van der Waals surface area contributed by atoms with Crippen LogP contribution in [0.15, 0.2) is 72.9 Å². The van der Waals surface area contributed by atoms with Gasteiger partial charge in [0.1, 0.15) is 13.2 Å². The quantitative estimate of drug-likeness (QED) is 0.0273. The molecule has 354 valence electrons. The van der Waals surface area contributed by atoms with E-state index in [1.54, 1.807) is 6.08 Å². The number of aliphatic hydroxyl groups is 1. The number of hydrogen-bond donors (Lipinski definition) is 2. The van der Waals surface area contributed by atoms with Gasteiger partial charge in [-0.3, -0.25) is 9.36 Å². The smallest absolute Gasteiger partial charge is 0.268 e. The third kappa shape index (κ3) is 45.8. The van der Waals surface area contributed by atoms with E-state index in [4.69, 9.17) is 9.05 Å². The molecule has 1 amide bonds. The molecule has 0 aromatic heterocycles. The number of allylic oxidation sites excluding steroid dienone is 11. The lowest BCUT2D eigenvalue weighted by atomic mass is 10.1. The number of unbranched alkanes of at least 4 members (excludes halogenated alkanes) is 21. The number of aliphatic hydroxyl groups excluding tert-OH is 1. The summed E-state index contributed by atoms with van der Waals surface area (Å²) in [5.41, 5.74) is 0. The Kier molecular flexibility index (Phi) is 41.7. The van der Waals surface area contributed by atoms with Crippen molar-refractivity contribution in [2.45, 2.75) is 212 Å². The first-order chi connectivity index (χ1) is 29.5. The molecule has 0 saturated carbocycles. The number of rotatable bonds is 44. The zero-order valence-corrected chi connectivity index (χ0v) is 41.0. The average Bonchev–Trinajstić information content (AvgIpc) is 3.21. The maximum Gasteiger partial charge on any atom is 0.268 e. The van der Waals surface area contributed by atoms with Crippen molar-refractivity contribution in [2.24, 2.45) is 0 Å². The highest BCUT2D eigenvalue weighted by Gasteiger charge is 2.23. The molecule has 3 atom stereocenters. The third-order valence-electron chi connectivity index (χ3n) is 10.6. The molecule has 8 nitrogen and oxygen atoms in total. The maximum absolute atomic E-state index is 12.9. The summed E-state index contributed by atoms with van der Waals surface area (Å²) < 4.78 is 23.2. The number of hydrogen-bond acceptors (Lipinski definition) is 6. The van der Waals surface area contributed by atoms with Crippen LogP contribution < -0.4 is 10.2 Å². The molecule has 0 aliphatic heterocycles. The van der Waals surface area contributed by atoms with Gasteiger partial charge in [-0.1, -0.05) is 183 Å². The predicted octanol–water partition coefficient (Wildman–Crippen LogP) is 13.7. The zero-order valence-electron chi connectivity index (χ0n) is 40.1. The standard InChI is InChI=1S/C52H95N2O6P/c1-6-8-10-12-14-16-18-20-22-24-26-28-29-31-33-35-37-39-41-43-45-51(55)50(49-60-61(57,58)59-48-47-54(3,4)5)53-52(56)46-44-42-40-38-36-34-32-30-27-25-23-21-19-17-15-13-11-9-7-2/h15,17,21,23,27-30,35,37,43,45,50-51,55H,6-14,16,18-20,22,24-26,31-34,36,38-42,44,46-49H2,1-5H3,(H-,53,56,57,58)/b17-15-,23-21-,29-28+,30-27-,37-35+,45-43+. The Morgan fingerprint density at radius 2 is 0.967 bits per heavy atom. The minimum absolute atomic E-state index is 0.0150. The minimum Gasteiger partial charge on any atom is -0.756 e. The first-order valence-electron chi connectivity index (χ1n) is 24.8. The van der Waals surface area contributed by atoms with Gasteiger partial charge in [-0.25, -0.2) is 0 Å². The molecule has 0 saturated heterocycles. The van der Waals surface area contributed by atoms with E-state index < -0.39 is 26.6 Å². The summed E-state index contributed by atoms with van der Waals surface area (Å²) in [6, 6.07) is -0.920. The van der Waals surface area contributed by atoms with Crippen LogP contribution in [0.25, 0.3) is 0 Å². The van der Waals surface area contributed by atoms with Crippen molar-refractivity contribution in [3.8, 4) is 0 Å². The molecule has 0 heterocycles. The van der Waals surface area contributed by atoms with Crippen molar-refractivity contribution in [3.05, 3.63) is 72.9 Å². The molecule has 0 spiro atoms. The number of quaternary nitrogens is 1. The Labute approximate surface area is 376 Å². The van der Waals surface area contributed by atoms with Crippen LogP contribution in [-0.4, -0.2) is 68.5 Å². The number of phosphoric acid groups is 1. The van der Waals surface area contributed by atoms with Crippen molar-refractivity contribution >= 4 is 13.7 Å². The van der Waals surface area contributed by atoms with E-state index >= 15 is 0 Å². The molecule has 0 aliphatic carbocycles. The molecule has 61 heavy (non-hydrogen) atoms. The minimum atomic E-state index is -4.61. The Balaban J connectivity index is 4.47. The first kappa shape index (κ1) is 58.9. The molecule has 0 aliphatic rings. The lowest BCUT2D eigenvalue weighted by Gasteiger charge is -2.29. The highest BCUT2D eigenvalue weighted by atomic mass is 31.2. The topological polar surface area (TPSA) is 108 Å². The summed E-state index contributed by atoms with van der Waals surface area (Å²) >= 11 is 0. The van der Waals surface area contributed by atoms with Gasteiger partial charge in [-0.2, -0.15) is 0 Å². The number of amides is 1. The van der Waals surface area contributed by atoms with Gasteiger partial charge in [0.25, 0.3) is 7.82 Å². The summed E-state index contributed by atoms with van der Waals surface area (Å²) in [7, 11) is 1.22. The lowest BCUT2D eigenvalue weighted by molar-refractivity contribution is -0.870. The second-order valence-electron chi connectivity index (χ2n) is 17.8. The van der Waals surface area contributed by atoms with E-state index in [2.05, 4.69) is 79.9 Å². The van der Waals surface area contributed by atoms with E-state index in [1.807, 2.05) is 27.2 Å². The summed E-state index contributed by atoms with van der Waals surface area (Å²) in [5.74, 6) is -0.226. The maximum atomic E-state index is 12.9. The molecular weight excluding hydrogens is 780 g/mol. The number of carbonyl (C=O) groups excluding carboxylic acids is 1. The van der Waals surface area contributed by atoms with E-state index in [9.17, 15) is 19.4 Å². The van der Waals surface area contributed by atoms with Gasteiger partial charge in [0, 0.05) is 6.42 Å². The van der Waals surface area contributed by atoms with E-state index in [1.165, 1.54) is 109 Å². The Morgan fingerprint density at radius 3 is 1.48 bits per heavy atom. The number of phosphoric ester groups is 1. The van der Waals surface area contributed by atoms with Crippen molar-refractivity contribution in [1.82, 2.24) is 5.32 Å². The van der Waals surface area contributed by atoms with E-state index in [0.29, 0.717) is 17.4 Å². The summed E-state index contributed by atoms with van der Waals surface area (Å²) in [6.45, 7) is 4.57. The van der Waals surface area contributed by atoms with Crippen LogP contribution >= 0.6 is 7.82 Å². The van der Waals surface area contributed by atoms with E-state index in [0.717, 1.165) is 70.6 Å². The van der Waals surface area contributed by atoms with Crippen LogP contribution in [0, 0.1) is 0 Å². The molecule has 9 heteroatoms. The molecule has 0 rings (SSSR count). The number of carbonyl (C=O) groups is 1. The van der Waals surface area contributed by atoms with E-state index in [-0.39, 0.29) is 12.5 Å². The summed E-state index contributed by atoms with van der Waals surface area (Å²) in [6.07, 6.45) is 58.1. The monoisotopic (exact) mass is 875 g/mol.